The molecule has 0 bridgehead atoms. The average Bonchev–Trinajstić information content (AvgIpc) is 2.87. The number of hydrogen-bond donors (Lipinski definition) is 2. The lowest BCUT2D eigenvalue weighted by atomic mass is 10.1. The molecule has 24 heavy (non-hydrogen) atoms. The van der Waals surface area contributed by atoms with Crippen molar-refractivity contribution < 1.29 is 14.3 Å². The molecule has 1 unspecified atom stereocenters. The van der Waals surface area contributed by atoms with Crippen LogP contribution in [0.25, 0.3) is 0 Å². The molecule has 0 aliphatic carbocycles. The van der Waals surface area contributed by atoms with Crippen molar-refractivity contribution in [1.82, 2.24) is 0 Å². The topological polar surface area (TPSA) is 73.6 Å². The van der Waals surface area contributed by atoms with Gasteiger partial charge in [-0.2, -0.15) is 0 Å². The van der Waals surface area contributed by atoms with Crippen LogP contribution in [0.15, 0.2) is 36.4 Å². The summed E-state index contributed by atoms with van der Waals surface area (Å²) in [6.07, 6.45) is 0.984. The second-order valence-electron chi connectivity index (χ2n) is 5.60. The summed E-state index contributed by atoms with van der Waals surface area (Å²) in [6, 6.07) is 10.6. The monoisotopic (exact) mass is 348 g/mol. The molecule has 0 aromatic heterocycles. The Labute approximate surface area is 147 Å². The lowest BCUT2D eigenvalue weighted by Gasteiger charge is -2.13. The van der Waals surface area contributed by atoms with Crippen molar-refractivity contribution in [3.8, 4) is 11.5 Å². The molecule has 0 spiro atoms. The molecule has 3 rings (SSSR count). The SMILES string of the molecule is CCOc1cc2c(cc1NC(=O)c1cccc(N)c1)OC(C)C2.Cl. The fourth-order valence-corrected chi connectivity index (χ4v) is 2.69. The predicted octanol–water partition coefficient (Wildman–Crippen LogP) is 3.67. The third-order valence-corrected chi connectivity index (χ3v) is 3.70. The van der Waals surface area contributed by atoms with Crippen molar-refractivity contribution in [3.05, 3.63) is 47.5 Å². The lowest BCUT2D eigenvalue weighted by Crippen LogP contribution is -2.13. The Morgan fingerprint density at radius 3 is 2.88 bits per heavy atom. The fraction of sp³-hybridized carbons (Fsp3) is 0.278. The van der Waals surface area contributed by atoms with Gasteiger partial charge in [0, 0.05) is 29.3 Å². The van der Waals surface area contributed by atoms with Crippen LogP contribution in [0.5, 0.6) is 11.5 Å². The van der Waals surface area contributed by atoms with Crippen LogP contribution in [-0.2, 0) is 6.42 Å². The van der Waals surface area contributed by atoms with Gasteiger partial charge < -0.3 is 20.5 Å². The number of carbonyl (C=O) groups is 1. The number of ether oxygens (including phenoxy) is 2. The summed E-state index contributed by atoms with van der Waals surface area (Å²) in [4.78, 5) is 12.4. The molecule has 3 N–H and O–H groups in total. The number of nitrogens with two attached hydrogens (primary N) is 1. The first-order valence-electron chi connectivity index (χ1n) is 7.70. The Balaban J connectivity index is 0.00000208. The number of nitrogen functional groups attached to an aromatic ring is 1. The number of fused-ring (bicyclic) bond motifs is 1. The Morgan fingerprint density at radius 1 is 1.38 bits per heavy atom. The smallest absolute Gasteiger partial charge is 0.255 e. The van der Waals surface area contributed by atoms with Gasteiger partial charge in [0.15, 0.2) is 0 Å². The molecular formula is C18H21ClN2O3. The van der Waals surface area contributed by atoms with E-state index >= 15 is 0 Å². The molecule has 1 amide bonds. The average molecular weight is 349 g/mol. The standard InChI is InChI=1S/C18H20N2O3.ClH/c1-3-22-17-9-13-7-11(2)23-16(13)10-15(17)20-18(21)12-5-4-6-14(19)8-12;/h4-6,8-11H,3,7,19H2,1-2H3,(H,20,21);1H. The van der Waals surface area contributed by atoms with E-state index in [0.717, 1.165) is 17.7 Å². The molecule has 0 saturated carbocycles. The third-order valence-electron chi connectivity index (χ3n) is 3.70. The van der Waals surface area contributed by atoms with Crippen LogP contribution in [0.4, 0.5) is 11.4 Å². The maximum atomic E-state index is 12.4. The first-order valence-corrected chi connectivity index (χ1v) is 7.70. The van der Waals surface area contributed by atoms with E-state index in [4.69, 9.17) is 15.2 Å². The van der Waals surface area contributed by atoms with Crippen LogP contribution in [0, 0.1) is 0 Å². The minimum Gasteiger partial charge on any atom is -0.492 e. The normalized spacial score (nSPS) is 15.0. The van der Waals surface area contributed by atoms with Gasteiger partial charge in [0.05, 0.1) is 12.3 Å². The third kappa shape index (κ3) is 3.74. The van der Waals surface area contributed by atoms with Gasteiger partial charge in [-0.25, -0.2) is 0 Å². The number of hydrogen-bond acceptors (Lipinski definition) is 4. The highest BCUT2D eigenvalue weighted by Gasteiger charge is 2.22. The van der Waals surface area contributed by atoms with Gasteiger partial charge in [0.1, 0.15) is 17.6 Å². The molecule has 1 aliphatic rings. The first kappa shape index (κ1) is 17.9. The van der Waals surface area contributed by atoms with Crippen LogP contribution >= 0.6 is 12.4 Å². The number of nitrogens with one attached hydrogen (secondary N) is 1. The Morgan fingerprint density at radius 2 is 2.17 bits per heavy atom. The second kappa shape index (κ2) is 7.45. The summed E-state index contributed by atoms with van der Waals surface area (Å²) in [5.74, 6) is 1.22. The van der Waals surface area contributed by atoms with Gasteiger partial charge >= 0.3 is 0 Å². The van der Waals surface area contributed by atoms with E-state index in [0.29, 0.717) is 29.3 Å². The summed E-state index contributed by atoms with van der Waals surface area (Å²) in [7, 11) is 0. The van der Waals surface area contributed by atoms with Gasteiger partial charge in [-0.3, -0.25) is 4.79 Å². The number of carbonyl (C=O) groups excluding carboxylic acids is 1. The second-order valence-corrected chi connectivity index (χ2v) is 5.60. The number of amides is 1. The highest BCUT2D eigenvalue weighted by molar-refractivity contribution is 6.05. The highest BCUT2D eigenvalue weighted by Crippen LogP contribution is 2.38. The van der Waals surface area contributed by atoms with Gasteiger partial charge in [0.2, 0.25) is 0 Å². The maximum Gasteiger partial charge on any atom is 0.255 e. The fourth-order valence-electron chi connectivity index (χ4n) is 2.69. The molecule has 5 nitrogen and oxygen atoms in total. The Bertz CT molecular complexity index is 749. The molecule has 1 heterocycles. The van der Waals surface area contributed by atoms with Crippen molar-refractivity contribution in [2.75, 3.05) is 17.7 Å². The van der Waals surface area contributed by atoms with Crippen LogP contribution < -0.4 is 20.5 Å². The van der Waals surface area contributed by atoms with Crippen LogP contribution in [-0.4, -0.2) is 18.6 Å². The Hall–Kier alpha value is -2.40. The number of rotatable bonds is 4. The largest absolute Gasteiger partial charge is 0.492 e. The van der Waals surface area contributed by atoms with E-state index in [1.807, 2.05) is 26.0 Å². The van der Waals surface area contributed by atoms with E-state index in [9.17, 15) is 4.79 Å². The minimum absolute atomic E-state index is 0. The number of benzene rings is 2. The minimum atomic E-state index is -0.232. The van der Waals surface area contributed by atoms with Crippen molar-refractivity contribution in [2.45, 2.75) is 26.4 Å². The molecule has 2 aromatic rings. The highest BCUT2D eigenvalue weighted by atomic mass is 35.5. The van der Waals surface area contributed by atoms with E-state index in [-0.39, 0.29) is 24.4 Å². The van der Waals surface area contributed by atoms with Crippen molar-refractivity contribution in [2.24, 2.45) is 0 Å². The van der Waals surface area contributed by atoms with Crippen LogP contribution in [0.2, 0.25) is 0 Å². The molecule has 2 aromatic carbocycles. The van der Waals surface area contributed by atoms with Gasteiger partial charge in [0.25, 0.3) is 5.91 Å². The summed E-state index contributed by atoms with van der Waals surface area (Å²) in [5, 5.41) is 2.88. The first-order chi connectivity index (χ1) is 11.1. The summed E-state index contributed by atoms with van der Waals surface area (Å²) < 4.78 is 11.4. The maximum absolute atomic E-state index is 12.4. The number of halogens is 1. The molecule has 128 valence electrons. The quantitative estimate of drug-likeness (QED) is 0.827. The Kier molecular flexibility index (Phi) is 5.57. The van der Waals surface area contributed by atoms with Gasteiger partial charge in [-0.05, 0) is 38.1 Å². The summed E-state index contributed by atoms with van der Waals surface area (Å²) in [5.41, 5.74) is 8.49. The van der Waals surface area contributed by atoms with Gasteiger partial charge in [-0.1, -0.05) is 6.07 Å². The van der Waals surface area contributed by atoms with Crippen LogP contribution in [0.1, 0.15) is 29.8 Å². The molecule has 0 radical (unpaired) electrons. The zero-order chi connectivity index (χ0) is 16.4. The van der Waals surface area contributed by atoms with Crippen LogP contribution in [0.3, 0.4) is 0 Å². The number of anilines is 2. The molecule has 1 atom stereocenters. The van der Waals surface area contributed by atoms with E-state index in [1.54, 1.807) is 24.3 Å². The molecule has 1 aliphatic heterocycles. The van der Waals surface area contributed by atoms with E-state index in [2.05, 4.69) is 5.32 Å². The zero-order valence-corrected chi connectivity index (χ0v) is 14.5. The lowest BCUT2D eigenvalue weighted by molar-refractivity contribution is 0.102. The van der Waals surface area contributed by atoms with E-state index in [1.165, 1.54) is 0 Å². The van der Waals surface area contributed by atoms with Crippen molar-refractivity contribution in [1.29, 1.82) is 0 Å². The van der Waals surface area contributed by atoms with E-state index < -0.39 is 0 Å². The molecule has 0 saturated heterocycles. The molecular weight excluding hydrogens is 328 g/mol. The summed E-state index contributed by atoms with van der Waals surface area (Å²) in [6.45, 7) is 4.46. The summed E-state index contributed by atoms with van der Waals surface area (Å²) >= 11 is 0. The molecule has 0 fully saturated rings. The molecule has 6 heteroatoms. The van der Waals surface area contributed by atoms with Crippen molar-refractivity contribution in [3.63, 3.8) is 0 Å². The zero-order valence-electron chi connectivity index (χ0n) is 13.7. The van der Waals surface area contributed by atoms with Gasteiger partial charge in [-0.15, -0.1) is 12.4 Å². The van der Waals surface area contributed by atoms with Crippen molar-refractivity contribution >= 4 is 29.7 Å². The predicted molar refractivity (Wildman–Crippen MR) is 97.5 cm³/mol.